The van der Waals surface area contributed by atoms with Crippen LogP contribution in [0.3, 0.4) is 0 Å². The van der Waals surface area contributed by atoms with Crippen LogP contribution in [0.1, 0.15) is 10.6 Å². The molecule has 0 N–H and O–H groups in total. The number of ether oxygens (including phenoxy) is 1. The van der Waals surface area contributed by atoms with Gasteiger partial charge in [-0.15, -0.1) is 11.7 Å². The van der Waals surface area contributed by atoms with E-state index in [0.717, 1.165) is 10.6 Å². The second-order valence-corrected chi connectivity index (χ2v) is 7.32. The van der Waals surface area contributed by atoms with E-state index in [2.05, 4.69) is 16.2 Å². The molecule has 0 unspecified atom stereocenters. The van der Waals surface area contributed by atoms with Crippen LogP contribution in [0.15, 0.2) is 41.8 Å². The van der Waals surface area contributed by atoms with Crippen LogP contribution in [0.4, 0.5) is 0 Å². The SMILES string of the molecule is C=CCN(Cc1snnc1C)S(=O)(=O)c1ccc(OC)cc1. The lowest BCUT2D eigenvalue weighted by atomic mass is 10.3. The van der Waals surface area contributed by atoms with Gasteiger partial charge < -0.3 is 4.74 Å². The Kier molecular flexibility index (Phi) is 5.28. The van der Waals surface area contributed by atoms with E-state index in [0.29, 0.717) is 5.75 Å². The van der Waals surface area contributed by atoms with Crippen molar-refractivity contribution in [2.75, 3.05) is 13.7 Å². The summed E-state index contributed by atoms with van der Waals surface area (Å²) in [6, 6.07) is 6.31. The summed E-state index contributed by atoms with van der Waals surface area (Å²) < 4.78 is 35.8. The summed E-state index contributed by atoms with van der Waals surface area (Å²) in [5, 5.41) is 3.91. The van der Waals surface area contributed by atoms with E-state index in [4.69, 9.17) is 4.74 Å². The molecular formula is C14H17N3O3S2. The Balaban J connectivity index is 2.32. The van der Waals surface area contributed by atoms with Crippen LogP contribution in [0.2, 0.25) is 0 Å². The molecule has 0 bridgehead atoms. The fourth-order valence-corrected chi connectivity index (χ4v) is 3.95. The molecule has 0 radical (unpaired) electrons. The van der Waals surface area contributed by atoms with Crippen molar-refractivity contribution >= 4 is 21.6 Å². The molecule has 1 aromatic heterocycles. The van der Waals surface area contributed by atoms with E-state index >= 15 is 0 Å². The zero-order chi connectivity index (χ0) is 16.2. The van der Waals surface area contributed by atoms with Gasteiger partial charge >= 0.3 is 0 Å². The third-order valence-corrected chi connectivity index (χ3v) is 5.73. The average molecular weight is 339 g/mol. The summed E-state index contributed by atoms with van der Waals surface area (Å²) in [7, 11) is -2.09. The zero-order valence-electron chi connectivity index (χ0n) is 12.4. The second-order valence-electron chi connectivity index (χ2n) is 4.54. The molecule has 2 aromatic rings. The van der Waals surface area contributed by atoms with Crippen LogP contribution in [0, 0.1) is 6.92 Å². The minimum absolute atomic E-state index is 0.213. The molecule has 0 saturated heterocycles. The van der Waals surface area contributed by atoms with Crippen molar-refractivity contribution in [2.45, 2.75) is 18.4 Å². The summed E-state index contributed by atoms with van der Waals surface area (Å²) >= 11 is 1.20. The second kappa shape index (κ2) is 6.99. The Labute approximate surface area is 134 Å². The maximum atomic E-state index is 12.8. The summed E-state index contributed by atoms with van der Waals surface area (Å²) in [5.41, 5.74) is 0.740. The first kappa shape index (κ1) is 16.6. The summed E-state index contributed by atoms with van der Waals surface area (Å²) in [6.45, 7) is 5.88. The van der Waals surface area contributed by atoms with Crippen molar-refractivity contribution < 1.29 is 13.2 Å². The number of methoxy groups -OCH3 is 1. The molecule has 8 heteroatoms. The maximum Gasteiger partial charge on any atom is 0.243 e. The van der Waals surface area contributed by atoms with Gasteiger partial charge in [0.2, 0.25) is 10.0 Å². The molecule has 0 spiro atoms. The van der Waals surface area contributed by atoms with Gasteiger partial charge in [0.1, 0.15) is 5.75 Å². The number of aryl methyl sites for hydroxylation is 1. The Hall–Kier alpha value is -1.77. The summed E-state index contributed by atoms with van der Waals surface area (Å²) in [6.07, 6.45) is 1.56. The van der Waals surface area contributed by atoms with E-state index in [1.54, 1.807) is 18.2 Å². The van der Waals surface area contributed by atoms with Crippen LogP contribution in [0.5, 0.6) is 5.75 Å². The van der Waals surface area contributed by atoms with Crippen molar-refractivity contribution in [1.29, 1.82) is 0 Å². The molecule has 0 fully saturated rings. The van der Waals surface area contributed by atoms with Crippen molar-refractivity contribution in [2.24, 2.45) is 0 Å². The maximum absolute atomic E-state index is 12.8. The summed E-state index contributed by atoms with van der Waals surface area (Å²) in [4.78, 5) is 1.03. The lowest BCUT2D eigenvalue weighted by molar-refractivity contribution is 0.414. The van der Waals surface area contributed by atoms with Crippen LogP contribution in [-0.2, 0) is 16.6 Å². The first-order chi connectivity index (χ1) is 10.5. The van der Waals surface area contributed by atoms with Crippen molar-refractivity contribution in [3.05, 3.63) is 47.5 Å². The predicted molar refractivity (Wildman–Crippen MR) is 85.4 cm³/mol. The Bertz CT molecular complexity index is 739. The lowest BCUT2D eigenvalue weighted by Crippen LogP contribution is -2.30. The van der Waals surface area contributed by atoms with Crippen molar-refractivity contribution in [3.63, 3.8) is 0 Å². The number of nitrogens with zero attached hydrogens (tertiary/aromatic N) is 3. The molecule has 0 saturated carbocycles. The largest absolute Gasteiger partial charge is 0.497 e. The number of sulfonamides is 1. The minimum Gasteiger partial charge on any atom is -0.497 e. The monoisotopic (exact) mass is 339 g/mol. The molecule has 1 aromatic carbocycles. The molecule has 0 aliphatic carbocycles. The van der Waals surface area contributed by atoms with E-state index < -0.39 is 10.0 Å². The number of hydrogen-bond acceptors (Lipinski definition) is 6. The molecule has 6 nitrogen and oxygen atoms in total. The quantitative estimate of drug-likeness (QED) is 0.723. The van der Waals surface area contributed by atoms with E-state index in [-0.39, 0.29) is 18.0 Å². The minimum atomic E-state index is -3.62. The van der Waals surface area contributed by atoms with Crippen LogP contribution in [-0.4, -0.2) is 36.0 Å². The molecule has 0 aliphatic heterocycles. The first-order valence-corrected chi connectivity index (χ1v) is 8.73. The number of rotatable bonds is 7. The molecule has 22 heavy (non-hydrogen) atoms. The predicted octanol–water partition coefficient (Wildman–Crippen LogP) is 2.23. The van der Waals surface area contributed by atoms with Gasteiger partial charge in [-0.25, -0.2) is 8.42 Å². The zero-order valence-corrected chi connectivity index (χ0v) is 14.0. The molecule has 0 amide bonds. The van der Waals surface area contributed by atoms with E-state index in [9.17, 15) is 8.42 Å². The van der Waals surface area contributed by atoms with Crippen LogP contribution >= 0.6 is 11.5 Å². The highest BCUT2D eigenvalue weighted by molar-refractivity contribution is 7.89. The normalized spacial score (nSPS) is 11.6. The smallest absolute Gasteiger partial charge is 0.243 e. The molecule has 0 atom stereocenters. The average Bonchev–Trinajstić information content (AvgIpc) is 2.92. The standard InChI is InChI=1S/C14H17N3O3S2/c1-4-9-17(10-14-11(2)15-16-21-14)22(18,19)13-7-5-12(20-3)6-8-13/h4-8H,1,9-10H2,2-3H3. The van der Waals surface area contributed by atoms with Gasteiger partial charge in [-0.05, 0) is 42.7 Å². The lowest BCUT2D eigenvalue weighted by Gasteiger charge is -2.20. The Morgan fingerprint density at radius 2 is 2.05 bits per heavy atom. The van der Waals surface area contributed by atoms with E-state index in [1.807, 2.05) is 6.92 Å². The fraction of sp³-hybridized carbons (Fsp3) is 0.286. The van der Waals surface area contributed by atoms with Crippen molar-refractivity contribution in [3.8, 4) is 5.75 Å². The molecule has 0 aliphatic rings. The topological polar surface area (TPSA) is 72.4 Å². The number of benzene rings is 1. The Morgan fingerprint density at radius 3 is 2.55 bits per heavy atom. The Morgan fingerprint density at radius 1 is 1.36 bits per heavy atom. The van der Waals surface area contributed by atoms with Crippen LogP contribution < -0.4 is 4.74 Å². The van der Waals surface area contributed by atoms with Gasteiger partial charge in [0, 0.05) is 6.54 Å². The fourth-order valence-electron chi connectivity index (χ4n) is 1.84. The highest BCUT2D eigenvalue weighted by atomic mass is 32.2. The third-order valence-electron chi connectivity index (χ3n) is 3.10. The summed E-state index contributed by atoms with van der Waals surface area (Å²) in [5.74, 6) is 0.608. The van der Waals surface area contributed by atoms with Gasteiger partial charge in [-0.1, -0.05) is 10.6 Å². The van der Waals surface area contributed by atoms with E-state index in [1.165, 1.54) is 35.1 Å². The third kappa shape index (κ3) is 3.52. The molecule has 2 rings (SSSR count). The van der Waals surface area contributed by atoms with Gasteiger partial charge in [0.05, 0.1) is 29.1 Å². The molecule has 118 valence electrons. The van der Waals surface area contributed by atoms with Gasteiger partial charge in [-0.2, -0.15) is 4.31 Å². The molecule has 1 heterocycles. The highest BCUT2D eigenvalue weighted by Gasteiger charge is 2.25. The highest BCUT2D eigenvalue weighted by Crippen LogP contribution is 2.22. The van der Waals surface area contributed by atoms with Gasteiger partial charge in [0.15, 0.2) is 0 Å². The number of hydrogen-bond donors (Lipinski definition) is 0. The van der Waals surface area contributed by atoms with Crippen LogP contribution in [0.25, 0.3) is 0 Å². The van der Waals surface area contributed by atoms with Gasteiger partial charge in [0.25, 0.3) is 0 Å². The molecular weight excluding hydrogens is 322 g/mol. The number of aromatic nitrogens is 2. The van der Waals surface area contributed by atoms with Crippen molar-refractivity contribution in [1.82, 2.24) is 13.9 Å². The van der Waals surface area contributed by atoms with Gasteiger partial charge in [-0.3, -0.25) is 0 Å². The first-order valence-electron chi connectivity index (χ1n) is 6.52.